The number of aryl methyl sites for hydroxylation is 2. The molecule has 0 aromatic heterocycles. The van der Waals surface area contributed by atoms with Crippen LogP contribution in [0.5, 0.6) is 5.75 Å². The highest BCUT2D eigenvalue weighted by atomic mass is 19.1. The Hall–Kier alpha value is -3.34. The lowest BCUT2D eigenvalue weighted by molar-refractivity contribution is 0.156. The minimum absolute atomic E-state index is 0.0333. The van der Waals surface area contributed by atoms with Gasteiger partial charge in [0.1, 0.15) is 18.2 Å². The van der Waals surface area contributed by atoms with Crippen molar-refractivity contribution < 1.29 is 18.7 Å². The summed E-state index contributed by atoms with van der Waals surface area (Å²) in [5.74, 6) is 0.240. The molecule has 1 fully saturated rings. The van der Waals surface area contributed by atoms with Gasteiger partial charge in [-0.2, -0.15) is 0 Å². The van der Waals surface area contributed by atoms with E-state index in [4.69, 9.17) is 9.47 Å². The molecule has 1 saturated heterocycles. The van der Waals surface area contributed by atoms with E-state index in [1.807, 2.05) is 39.0 Å². The van der Waals surface area contributed by atoms with Gasteiger partial charge < -0.3 is 9.47 Å². The Balaban J connectivity index is 1.71. The molecule has 0 unspecified atom stereocenters. The Morgan fingerprint density at radius 2 is 1.74 bits per heavy atom. The Kier molecular flexibility index (Phi) is 6.92. The van der Waals surface area contributed by atoms with Crippen molar-refractivity contribution >= 4 is 6.09 Å². The van der Waals surface area contributed by atoms with Crippen LogP contribution in [0.3, 0.4) is 0 Å². The highest BCUT2D eigenvalue weighted by Crippen LogP contribution is 2.38. The number of methoxy groups -OCH3 is 1. The topological polar surface area (TPSA) is 38.8 Å². The van der Waals surface area contributed by atoms with Crippen molar-refractivity contribution in [1.29, 1.82) is 0 Å². The fourth-order valence-corrected chi connectivity index (χ4v) is 4.54. The summed E-state index contributed by atoms with van der Waals surface area (Å²) in [6.07, 6.45) is 0.420. The Bertz CT molecular complexity index is 1190. The van der Waals surface area contributed by atoms with Crippen LogP contribution in [0.4, 0.5) is 9.18 Å². The third-order valence-corrected chi connectivity index (χ3v) is 6.50. The smallest absolute Gasteiger partial charge is 0.410 e. The first kappa shape index (κ1) is 23.8. The van der Waals surface area contributed by atoms with Gasteiger partial charge in [-0.25, -0.2) is 9.18 Å². The highest BCUT2D eigenvalue weighted by molar-refractivity contribution is 5.76. The Labute approximate surface area is 201 Å². The second-order valence-corrected chi connectivity index (χ2v) is 9.44. The quantitative estimate of drug-likeness (QED) is 0.388. The number of carbonyl (C=O) groups is 1. The monoisotopic (exact) mass is 461 g/mol. The largest absolute Gasteiger partial charge is 0.496 e. The second-order valence-electron chi connectivity index (χ2n) is 9.44. The number of hydrogen-bond acceptors (Lipinski definition) is 3. The van der Waals surface area contributed by atoms with Gasteiger partial charge in [0.25, 0.3) is 0 Å². The number of hydrogen-bond donors (Lipinski definition) is 0. The van der Waals surface area contributed by atoms with E-state index in [0.29, 0.717) is 24.5 Å². The molecule has 1 amide bonds. The van der Waals surface area contributed by atoms with Gasteiger partial charge in [-0.1, -0.05) is 67.4 Å². The lowest BCUT2D eigenvalue weighted by Gasteiger charge is -2.24. The molecule has 5 heteroatoms. The van der Waals surface area contributed by atoms with Crippen LogP contribution >= 0.6 is 0 Å². The van der Waals surface area contributed by atoms with Crippen molar-refractivity contribution in [2.75, 3.05) is 13.7 Å². The zero-order valence-electron chi connectivity index (χ0n) is 20.5. The number of benzene rings is 3. The van der Waals surface area contributed by atoms with Crippen molar-refractivity contribution in [1.82, 2.24) is 4.90 Å². The number of nitrogens with zero attached hydrogens (tertiary/aromatic N) is 1. The van der Waals surface area contributed by atoms with Crippen molar-refractivity contribution in [3.63, 3.8) is 0 Å². The van der Waals surface area contributed by atoms with Crippen LogP contribution in [-0.4, -0.2) is 30.8 Å². The molecule has 1 aliphatic heterocycles. The van der Waals surface area contributed by atoms with Gasteiger partial charge >= 0.3 is 6.09 Å². The van der Waals surface area contributed by atoms with Crippen molar-refractivity contribution in [3.05, 3.63) is 88.2 Å². The first-order valence-electron chi connectivity index (χ1n) is 11.7. The number of rotatable bonds is 7. The van der Waals surface area contributed by atoms with Crippen LogP contribution in [0.15, 0.2) is 54.6 Å². The minimum Gasteiger partial charge on any atom is -0.496 e. The molecule has 178 valence electrons. The maximum absolute atomic E-state index is 14.7. The summed E-state index contributed by atoms with van der Waals surface area (Å²) in [6.45, 7) is 8.81. The van der Waals surface area contributed by atoms with Crippen LogP contribution in [-0.2, 0) is 17.7 Å². The molecule has 0 N–H and O–H groups in total. The van der Waals surface area contributed by atoms with Gasteiger partial charge in [0, 0.05) is 11.6 Å². The first-order chi connectivity index (χ1) is 16.3. The molecule has 4 rings (SSSR count). The summed E-state index contributed by atoms with van der Waals surface area (Å²) in [5, 5.41) is 0. The van der Waals surface area contributed by atoms with Gasteiger partial charge in [-0.3, -0.25) is 4.90 Å². The molecule has 0 bridgehead atoms. The average Bonchev–Trinajstić information content (AvgIpc) is 3.14. The summed E-state index contributed by atoms with van der Waals surface area (Å²) in [4.78, 5) is 14.5. The molecule has 1 heterocycles. The first-order valence-corrected chi connectivity index (χ1v) is 11.7. The van der Waals surface area contributed by atoms with Crippen LogP contribution in [0.2, 0.25) is 0 Å². The maximum Gasteiger partial charge on any atom is 0.410 e. The average molecular weight is 462 g/mol. The van der Waals surface area contributed by atoms with Gasteiger partial charge in [0.15, 0.2) is 0 Å². The highest BCUT2D eigenvalue weighted by Gasteiger charge is 2.33. The zero-order chi connectivity index (χ0) is 24.4. The third-order valence-electron chi connectivity index (χ3n) is 6.50. The molecule has 3 aromatic carbocycles. The summed E-state index contributed by atoms with van der Waals surface area (Å²) >= 11 is 0. The predicted octanol–water partition coefficient (Wildman–Crippen LogP) is 6.81. The van der Waals surface area contributed by atoms with E-state index in [1.165, 1.54) is 17.2 Å². The predicted molar refractivity (Wildman–Crippen MR) is 133 cm³/mol. The zero-order valence-corrected chi connectivity index (χ0v) is 20.5. The number of carbonyl (C=O) groups excluding carboxylic acids is 1. The SMILES string of the molecule is COc1cc(F)c(C(C)C)cc1-c1ccc(C)cc1CN1C(=O)OC[C@@H]1Cc1ccc(C)cc1. The van der Waals surface area contributed by atoms with Crippen molar-refractivity contribution in [2.24, 2.45) is 0 Å². The van der Waals surface area contributed by atoms with Gasteiger partial charge in [0.2, 0.25) is 0 Å². The fourth-order valence-electron chi connectivity index (χ4n) is 4.54. The number of ether oxygens (including phenoxy) is 2. The third kappa shape index (κ3) is 4.93. The van der Waals surface area contributed by atoms with Crippen LogP contribution < -0.4 is 4.74 Å². The van der Waals surface area contributed by atoms with E-state index in [1.54, 1.807) is 12.0 Å². The fraction of sp³-hybridized carbons (Fsp3) is 0.345. The van der Waals surface area contributed by atoms with E-state index < -0.39 is 0 Å². The van der Waals surface area contributed by atoms with E-state index >= 15 is 0 Å². The summed E-state index contributed by atoms with van der Waals surface area (Å²) in [5.41, 5.74) is 6.84. The van der Waals surface area contributed by atoms with Gasteiger partial charge in [0.05, 0.1) is 19.7 Å². The molecule has 0 aliphatic carbocycles. The van der Waals surface area contributed by atoms with Crippen LogP contribution in [0.25, 0.3) is 11.1 Å². The maximum atomic E-state index is 14.7. The lowest BCUT2D eigenvalue weighted by Crippen LogP contribution is -2.34. The van der Waals surface area contributed by atoms with Gasteiger partial charge in [-0.15, -0.1) is 0 Å². The normalized spacial score (nSPS) is 15.7. The summed E-state index contributed by atoms with van der Waals surface area (Å²) in [7, 11) is 1.55. The molecule has 1 aliphatic rings. The number of amides is 1. The molecule has 34 heavy (non-hydrogen) atoms. The molecule has 0 spiro atoms. The standard InChI is InChI=1S/C29H32FNO3/c1-18(2)25-14-26(28(33-5)15-27(25)30)24-11-8-20(4)12-22(24)16-31-23(17-34-29(31)32)13-21-9-6-19(3)7-10-21/h6-12,14-15,18,23H,13,16-17H2,1-5H3/t23-/m0/s1. The Morgan fingerprint density at radius 3 is 2.41 bits per heavy atom. The van der Waals surface area contributed by atoms with E-state index in [-0.39, 0.29) is 23.9 Å². The molecule has 0 radical (unpaired) electrons. The molecule has 1 atom stereocenters. The van der Waals surface area contributed by atoms with E-state index in [0.717, 1.165) is 28.7 Å². The summed E-state index contributed by atoms with van der Waals surface area (Å²) in [6, 6.07) is 17.8. The second kappa shape index (κ2) is 9.88. The van der Waals surface area contributed by atoms with Crippen molar-refractivity contribution in [3.8, 4) is 16.9 Å². The Morgan fingerprint density at radius 1 is 1.03 bits per heavy atom. The molecular formula is C29H32FNO3. The van der Waals surface area contributed by atoms with Crippen LogP contribution in [0, 0.1) is 19.7 Å². The lowest BCUT2D eigenvalue weighted by atomic mass is 9.92. The van der Waals surface area contributed by atoms with E-state index in [2.05, 4.69) is 37.3 Å². The molecule has 0 saturated carbocycles. The minimum atomic E-state index is -0.307. The molecule has 3 aromatic rings. The number of halogens is 1. The molecular weight excluding hydrogens is 429 g/mol. The van der Waals surface area contributed by atoms with Gasteiger partial charge in [-0.05, 0) is 54.5 Å². The van der Waals surface area contributed by atoms with E-state index in [9.17, 15) is 9.18 Å². The summed E-state index contributed by atoms with van der Waals surface area (Å²) < 4.78 is 25.7. The number of cyclic esters (lactones) is 1. The molecule has 4 nitrogen and oxygen atoms in total. The van der Waals surface area contributed by atoms with Crippen LogP contribution in [0.1, 0.15) is 47.6 Å². The van der Waals surface area contributed by atoms with Crippen molar-refractivity contribution in [2.45, 2.75) is 52.6 Å².